The molecule has 0 atom stereocenters. The smallest absolute Gasteiger partial charge is 0.308 e. The van der Waals surface area contributed by atoms with Gasteiger partial charge in [-0.1, -0.05) is 65.8 Å². The Balaban J connectivity index is 2.50. The van der Waals surface area contributed by atoms with Gasteiger partial charge in [0.05, 0.1) is 5.92 Å². The SMILES string of the molecule is CC(C)CC(C)(C)C(=O)NCc1ccc(COC(=O)C(C)C)cc1. The Kier molecular flexibility index (Phi) is 7.46. The van der Waals surface area contributed by atoms with Gasteiger partial charge in [0.1, 0.15) is 6.61 Å². The second-order valence-corrected chi connectivity index (χ2v) is 7.74. The van der Waals surface area contributed by atoms with Gasteiger partial charge in [0.15, 0.2) is 0 Å². The molecule has 0 fully saturated rings. The van der Waals surface area contributed by atoms with Gasteiger partial charge in [-0.25, -0.2) is 0 Å². The molecule has 1 amide bonds. The normalized spacial score (nSPS) is 11.7. The number of amides is 1. The first-order valence-corrected chi connectivity index (χ1v) is 8.64. The fourth-order valence-corrected chi connectivity index (χ4v) is 2.61. The Labute approximate surface area is 146 Å². The van der Waals surface area contributed by atoms with Crippen molar-refractivity contribution in [2.75, 3.05) is 0 Å². The lowest BCUT2D eigenvalue weighted by Crippen LogP contribution is -2.37. The molecule has 134 valence electrons. The molecule has 0 aliphatic rings. The third kappa shape index (κ3) is 6.73. The van der Waals surface area contributed by atoms with E-state index in [9.17, 15) is 9.59 Å². The molecule has 4 nitrogen and oxygen atoms in total. The lowest BCUT2D eigenvalue weighted by molar-refractivity contribution is -0.148. The average Bonchev–Trinajstić information content (AvgIpc) is 2.49. The van der Waals surface area contributed by atoms with Gasteiger partial charge in [-0.2, -0.15) is 0 Å². The van der Waals surface area contributed by atoms with Gasteiger partial charge >= 0.3 is 5.97 Å². The van der Waals surface area contributed by atoms with Crippen molar-refractivity contribution in [1.29, 1.82) is 0 Å². The first-order chi connectivity index (χ1) is 11.1. The summed E-state index contributed by atoms with van der Waals surface area (Å²) in [5.41, 5.74) is 1.61. The van der Waals surface area contributed by atoms with Crippen LogP contribution < -0.4 is 5.32 Å². The predicted octanol–water partition coefficient (Wildman–Crippen LogP) is 4.07. The summed E-state index contributed by atoms with van der Waals surface area (Å²) in [6, 6.07) is 7.76. The first kappa shape index (κ1) is 20.2. The molecule has 24 heavy (non-hydrogen) atoms. The summed E-state index contributed by atoms with van der Waals surface area (Å²) in [4.78, 5) is 23.8. The average molecular weight is 333 g/mol. The van der Waals surface area contributed by atoms with Crippen molar-refractivity contribution in [3.63, 3.8) is 0 Å². The van der Waals surface area contributed by atoms with Crippen LogP contribution in [0.15, 0.2) is 24.3 Å². The van der Waals surface area contributed by atoms with E-state index in [-0.39, 0.29) is 29.8 Å². The molecule has 0 aliphatic carbocycles. The molecule has 1 rings (SSSR count). The van der Waals surface area contributed by atoms with Crippen LogP contribution in [-0.2, 0) is 27.5 Å². The van der Waals surface area contributed by atoms with Crippen molar-refractivity contribution >= 4 is 11.9 Å². The van der Waals surface area contributed by atoms with E-state index in [4.69, 9.17) is 4.74 Å². The second-order valence-electron chi connectivity index (χ2n) is 7.74. The Morgan fingerprint density at radius 3 is 2.08 bits per heavy atom. The number of esters is 1. The molecule has 0 aliphatic heterocycles. The van der Waals surface area contributed by atoms with Crippen LogP contribution in [0.25, 0.3) is 0 Å². The van der Waals surface area contributed by atoms with Gasteiger partial charge in [0, 0.05) is 12.0 Å². The number of rotatable bonds is 8. The maximum absolute atomic E-state index is 12.3. The number of ether oxygens (including phenoxy) is 1. The minimum absolute atomic E-state index is 0.0751. The van der Waals surface area contributed by atoms with Crippen LogP contribution in [0, 0.1) is 17.3 Å². The van der Waals surface area contributed by atoms with E-state index >= 15 is 0 Å². The fraction of sp³-hybridized carbons (Fsp3) is 0.600. The Morgan fingerprint density at radius 1 is 1.04 bits per heavy atom. The Hall–Kier alpha value is -1.84. The highest BCUT2D eigenvalue weighted by molar-refractivity contribution is 5.81. The number of carbonyl (C=O) groups is 2. The largest absolute Gasteiger partial charge is 0.461 e. The maximum Gasteiger partial charge on any atom is 0.308 e. The van der Waals surface area contributed by atoms with E-state index in [0.717, 1.165) is 17.5 Å². The highest BCUT2D eigenvalue weighted by atomic mass is 16.5. The van der Waals surface area contributed by atoms with Gasteiger partial charge in [-0.3, -0.25) is 9.59 Å². The topological polar surface area (TPSA) is 55.4 Å². The van der Waals surface area contributed by atoms with Gasteiger partial charge in [0.25, 0.3) is 0 Å². The van der Waals surface area contributed by atoms with E-state index in [1.165, 1.54) is 0 Å². The summed E-state index contributed by atoms with van der Waals surface area (Å²) in [5, 5.41) is 3.00. The van der Waals surface area contributed by atoms with Crippen molar-refractivity contribution in [3.8, 4) is 0 Å². The highest BCUT2D eigenvalue weighted by Crippen LogP contribution is 2.25. The van der Waals surface area contributed by atoms with Gasteiger partial charge in [-0.15, -0.1) is 0 Å². The van der Waals surface area contributed by atoms with Crippen molar-refractivity contribution in [3.05, 3.63) is 35.4 Å². The maximum atomic E-state index is 12.3. The molecule has 0 heterocycles. The summed E-state index contributed by atoms with van der Waals surface area (Å²) < 4.78 is 5.20. The molecule has 1 N–H and O–H groups in total. The number of nitrogens with one attached hydrogen (secondary N) is 1. The van der Waals surface area contributed by atoms with Crippen molar-refractivity contribution in [1.82, 2.24) is 5.32 Å². The Morgan fingerprint density at radius 2 is 1.58 bits per heavy atom. The minimum atomic E-state index is -0.362. The molecule has 0 aromatic heterocycles. The second kappa shape index (κ2) is 8.86. The van der Waals surface area contributed by atoms with E-state index < -0.39 is 0 Å². The quantitative estimate of drug-likeness (QED) is 0.730. The van der Waals surface area contributed by atoms with Crippen LogP contribution >= 0.6 is 0 Å². The van der Waals surface area contributed by atoms with Crippen LogP contribution in [0.5, 0.6) is 0 Å². The van der Waals surface area contributed by atoms with Crippen molar-refractivity contribution < 1.29 is 14.3 Å². The van der Waals surface area contributed by atoms with E-state index in [2.05, 4.69) is 19.2 Å². The predicted molar refractivity (Wildman–Crippen MR) is 96.2 cm³/mol. The molecule has 1 aromatic rings. The zero-order valence-corrected chi connectivity index (χ0v) is 15.8. The van der Waals surface area contributed by atoms with Crippen molar-refractivity contribution in [2.24, 2.45) is 17.3 Å². The summed E-state index contributed by atoms with van der Waals surface area (Å²) in [6.07, 6.45) is 0.860. The van der Waals surface area contributed by atoms with E-state index in [1.807, 2.05) is 52.0 Å². The van der Waals surface area contributed by atoms with Crippen LogP contribution in [0.1, 0.15) is 59.1 Å². The van der Waals surface area contributed by atoms with E-state index in [0.29, 0.717) is 12.5 Å². The summed E-state index contributed by atoms with van der Waals surface area (Å²) in [5.74, 6) is 0.247. The van der Waals surface area contributed by atoms with Crippen LogP contribution in [0.3, 0.4) is 0 Å². The molecule has 0 saturated heterocycles. The molecule has 1 aromatic carbocycles. The molecule has 0 unspecified atom stereocenters. The van der Waals surface area contributed by atoms with Gasteiger partial charge in [-0.05, 0) is 23.5 Å². The lowest BCUT2D eigenvalue weighted by atomic mass is 9.83. The number of benzene rings is 1. The molecule has 0 spiro atoms. The third-order valence-corrected chi connectivity index (χ3v) is 3.86. The summed E-state index contributed by atoms with van der Waals surface area (Å²) >= 11 is 0. The zero-order chi connectivity index (χ0) is 18.3. The monoisotopic (exact) mass is 333 g/mol. The molecular formula is C20H31NO3. The molecule has 4 heteroatoms. The molecule has 0 bridgehead atoms. The number of carbonyl (C=O) groups excluding carboxylic acids is 2. The third-order valence-electron chi connectivity index (χ3n) is 3.86. The summed E-state index contributed by atoms with van der Waals surface area (Å²) in [6.45, 7) is 12.6. The van der Waals surface area contributed by atoms with Gasteiger partial charge < -0.3 is 10.1 Å². The van der Waals surface area contributed by atoms with Crippen LogP contribution in [0.4, 0.5) is 0 Å². The first-order valence-electron chi connectivity index (χ1n) is 8.64. The Bertz CT molecular complexity index is 545. The molecular weight excluding hydrogens is 302 g/mol. The number of hydrogen-bond donors (Lipinski definition) is 1. The highest BCUT2D eigenvalue weighted by Gasteiger charge is 2.28. The van der Waals surface area contributed by atoms with Crippen LogP contribution in [0.2, 0.25) is 0 Å². The number of hydrogen-bond acceptors (Lipinski definition) is 3. The minimum Gasteiger partial charge on any atom is -0.461 e. The zero-order valence-electron chi connectivity index (χ0n) is 15.8. The molecule has 0 radical (unpaired) electrons. The van der Waals surface area contributed by atoms with Crippen LogP contribution in [-0.4, -0.2) is 11.9 Å². The lowest BCUT2D eigenvalue weighted by Gasteiger charge is -2.25. The summed E-state index contributed by atoms with van der Waals surface area (Å²) in [7, 11) is 0. The van der Waals surface area contributed by atoms with E-state index in [1.54, 1.807) is 0 Å². The standard InChI is InChI=1S/C20H31NO3/c1-14(2)11-20(5,6)19(23)21-12-16-7-9-17(10-8-16)13-24-18(22)15(3)4/h7-10,14-15H,11-13H2,1-6H3,(H,21,23). The van der Waals surface area contributed by atoms with Gasteiger partial charge in [0.2, 0.25) is 5.91 Å². The molecule has 0 saturated carbocycles. The fourth-order valence-electron chi connectivity index (χ4n) is 2.61. The van der Waals surface area contributed by atoms with Crippen molar-refractivity contribution in [2.45, 2.75) is 61.1 Å².